The predicted octanol–water partition coefficient (Wildman–Crippen LogP) is 7.96. The lowest BCUT2D eigenvalue weighted by Gasteiger charge is -2.27. The van der Waals surface area contributed by atoms with E-state index in [0.717, 1.165) is 11.8 Å². The third-order valence-electron chi connectivity index (χ3n) is 5.01. The highest BCUT2D eigenvalue weighted by molar-refractivity contribution is 4.93. The molecular weight excluding hydrogens is 252 g/mol. The third kappa shape index (κ3) is 11.2. The van der Waals surface area contributed by atoms with E-state index in [4.69, 9.17) is 0 Å². The van der Waals surface area contributed by atoms with E-state index >= 15 is 0 Å². The first kappa shape index (κ1) is 21.0. The molecular formula is C21H43. The normalized spacial score (nSPS) is 14.6. The molecule has 0 saturated carbocycles. The minimum atomic E-state index is 0.909. The zero-order valence-electron chi connectivity index (χ0n) is 15.8. The van der Waals surface area contributed by atoms with Crippen LogP contribution in [0.3, 0.4) is 0 Å². The zero-order chi connectivity index (χ0) is 15.9. The van der Waals surface area contributed by atoms with Gasteiger partial charge in [-0.15, -0.1) is 0 Å². The SMILES string of the molecule is CCCCCC(CCC)C[C](C)C(CCC)CCCCC. The number of hydrogen-bond donors (Lipinski definition) is 0. The van der Waals surface area contributed by atoms with Crippen molar-refractivity contribution >= 4 is 0 Å². The smallest absolute Gasteiger partial charge is 0.0238 e. The molecule has 0 aromatic heterocycles. The second-order valence-electron chi connectivity index (χ2n) is 7.18. The zero-order valence-corrected chi connectivity index (χ0v) is 15.8. The lowest BCUT2D eigenvalue weighted by atomic mass is 9.78. The molecule has 0 fully saturated rings. The lowest BCUT2D eigenvalue weighted by Crippen LogP contribution is -2.15. The van der Waals surface area contributed by atoms with Gasteiger partial charge in [-0.05, 0) is 30.6 Å². The summed E-state index contributed by atoms with van der Waals surface area (Å²) in [7, 11) is 0. The molecule has 0 saturated heterocycles. The molecule has 0 aliphatic rings. The van der Waals surface area contributed by atoms with E-state index in [1.54, 1.807) is 0 Å². The summed E-state index contributed by atoms with van der Waals surface area (Å²) in [5, 5.41) is 0. The summed E-state index contributed by atoms with van der Waals surface area (Å²) in [6.45, 7) is 11.8. The van der Waals surface area contributed by atoms with Gasteiger partial charge in [0.25, 0.3) is 0 Å². The van der Waals surface area contributed by atoms with Gasteiger partial charge in [-0.1, -0.05) is 105 Å². The Labute approximate surface area is 136 Å². The molecule has 0 rings (SSSR count). The maximum atomic E-state index is 2.47. The number of unbranched alkanes of at least 4 members (excludes halogenated alkanes) is 4. The lowest BCUT2D eigenvalue weighted by molar-refractivity contribution is 0.348. The largest absolute Gasteiger partial charge is 0.0654 e. The van der Waals surface area contributed by atoms with Gasteiger partial charge in [0.2, 0.25) is 0 Å². The van der Waals surface area contributed by atoms with E-state index in [1.165, 1.54) is 83.5 Å². The Balaban J connectivity index is 4.25. The molecule has 0 aromatic rings. The Morgan fingerprint density at radius 3 is 1.71 bits per heavy atom. The highest BCUT2D eigenvalue weighted by atomic mass is 14.3. The molecule has 0 aliphatic carbocycles. The quantitative estimate of drug-likeness (QED) is 0.269. The summed E-state index contributed by atoms with van der Waals surface area (Å²) >= 11 is 0. The molecule has 0 N–H and O–H groups in total. The molecule has 127 valence electrons. The average Bonchev–Trinajstić information content (AvgIpc) is 2.47. The van der Waals surface area contributed by atoms with Gasteiger partial charge in [-0.3, -0.25) is 0 Å². The molecule has 2 atom stereocenters. The van der Waals surface area contributed by atoms with Crippen LogP contribution in [0.25, 0.3) is 0 Å². The van der Waals surface area contributed by atoms with Crippen LogP contribution >= 0.6 is 0 Å². The van der Waals surface area contributed by atoms with Crippen LogP contribution in [0.5, 0.6) is 0 Å². The summed E-state index contributed by atoms with van der Waals surface area (Å²) in [5.41, 5.74) is 0. The highest BCUT2D eigenvalue weighted by Gasteiger charge is 2.20. The van der Waals surface area contributed by atoms with Gasteiger partial charge >= 0.3 is 0 Å². The maximum absolute atomic E-state index is 2.47. The van der Waals surface area contributed by atoms with Gasteiger partial charge in [-0.25, -0.2) is 0 Å². The van der Waals surface area contributed by atoms with Crippen molar-refractivity contribution in [3.8, 4) is 0 Å². The van der Waals surface area contributed by atoms with Gasteiger partial charge < -0.3 is 0 Å². The van der Waals surface area contributed by atoms with Crippen LogP contribution in [0.1, 0.15) is 118 Å². The topological polar surface area (TPSA) is 0 Å². The van der Waals surface area contributed by atoms with E-state index in [1.807, 2.05) is 5.92 Å². The standard InChI is InChI=1S/C21H43/c1-6-10-12-16-20(14-8-3)18-19(5)21(15-9-4)17-13-11-7-2/h20-21H,6-18H2,1-5H3. The van der Waals surface area contributed by atoms with Crippen LogP contribution < -0.4 is 0 Å². The second-order valence-corrected chi connectivity index (χ2v) is 7.18. The predicted molar refractivity (Wildman–Crippen MR) is 98.6 cm³/mol. The monoisotopic (exact) mass is 295 g/mol. The molecule has 0 aromatic carbocycles. The summed E-state index contributed by atoms with van der Waals surface area (Å²) < 4.78 is 0. The highest BCUT2D eigenvalue weighted by Crippen LogP contribution is 2.33. The van der Waals surface area contributed by atoms with Crippen molar-refractivity contribution in [2.75, 3.05) is 0 Å². The minimum absolute atomic E-state index is 0.909. The van der Waals surface area contributed by atoms with Gasteiger partial charge in [-0.2, -0.15) is 0 Å². The van der Waals surface area contributed by atoms with Crippen LogP contribution in [0.15, 0.2) is 0 Å². The van der Waals surface area contributed by atoms with Crippen molar-refractivity contribution in [3.63, 3.8) is 0 Å². The Morgan fingerprint density at radius 2 is 1.19 bits per heavy atom. The second kappa shape index (κ2) is 14.9. The van der Waals surface area contributed by atoms with E-state index in [-0.39, 0.29) is 0 Å². The average molecular weight is 296 g/mol. The Morgan fingerprint density at radius 1 is 0.619 bits per heavy atom. The molecule has 0 heterocycles. The molecule has 0 nitrogen and oxygen atoms in total. The molecule has 1 radical (unpaired) electrons. The van der Waals surface area contributed by atoms with Crippen LogP contribution in [0.2, 0.25) is 0 Å². The fourth-order valence-electron chi connectivity index (χ4n) is 3.69. The van der Waals surface area contributed by atoms with Gasteiger partial charge in [0, 0.05) is 0 Å². The first-order valence-electron chi connectivity index (χ1n) is 10.0. The summed E-state index contributed by atoms with van der Waals surface area (Å²) in [6, 6.07) is 0. The maximum Gasteiger partial charge on any atom is -0.0238 e. The minimum Gasteiger partial charge on any atom is -0.0654 e. The van der Waals surface area contributed by atoms with Crippen molar-refractivity contribution in [2.45, 2.75) is 118 Å². The van der Waals surface area contributed by atoms with E-state index in [2.05, 4.69) is 34.6 Å². The van der Waals surface area contributed by atoms with Crippen LogP contribution in [0, 0.1) is 17.8 Å². The number of hydrogen-bond acceptors (Lipinski definition) is 0. The van der Waals surface area contributed by atoms with Gasteiger partial charge in [0.05, 0.1) is 0 Å². The summed E-state index contributed by atoms with van der Waals surface area (Å²) in [6.07, 6.45) is 18.3. The van der Waals surface area contributed by atoms with Crippen molar-refractivity contribution in [1.29, 1.82) is 0 Å². The molecule has 21 heavy (non-hydrogen) atoms. The van der Waals surface area contributed by atoms with Crippen molar-refractivity contribution in [1.82, 2.24) is 0 Å². The van der Waals surface area contributed by atoms with E-state index in [0.29, 0.717) is 0 Å². The van der Waals surface area contributed by atoms with Crippen LogP contribution in [0.4, 0.5) is 0 Å². The first-order valence-corrected chi connectivity index (χ1v) is 10.0. The molecule has 0 aliphatic heterocycles. The fourth-order valence-corrected chi connectivity index (χ4v) is 3.69. The Hall–Kier alpha value is 0. The Kier molecular flexibility index (Phi) is 14.9. The van der Waals surface area contributed by atoms with Crippen LogP contribution in [-0.4, -0.2) is 0 Å². The third-order valence-corrected chi connectivity index (χ3v) is 5.01. The van der Waals surface area contributed by atoms with Gasteiger partial charge in [0.15, 0.2) is 0 Å². The van der Waals surface area contributed by atoms with E-state index in [9.17, 15) is 0 Å². The first-order chi connectivity index (χ1) is 10.2. The summed E-state index contributed by atoms with van der Waals surface area (Å²) in [4.78, 5) is 0. The van der Waals surface area contributed by atoms with Crippen LogP contribution in [-0.2, 0) is 0 Å². The molecule has 0 amide bonds. The fraction of sp³-hybridized carbons (Fsp3) is 0.952. The molecule has 0 spiro atoms. The number of rotatable bonds is 15. The van der Waals surface area contributed by atoms with Crippen molar-refractivity contribution < 1.29 is 0 Å². The molecule has 0 heteroatoms. The van der Waals surface area contributed by atoms with Crippen molar-refractivity contribution in [2.24, 2.45) is 11.8 Å². The molecule has 0 bridgehead atoms. The van der Waals surface area contributed by atoms with Crippen molar-refractivity contribution in [3.05, 3.63) is 5.92 Å². The Bertz CT molecular complexity index is 196. The summed E-state index contributed by atoms with van der Waals surface area (Å²) in [5.74, 6) is 3.70. The van der Waals surface area contributed by atoms with Gasteiger partial charge in [0.1, 0.15) is 0 Å². The molecule has 2 unspecified atom stereocenters. The van der Waals surface area contributed by atoms with E-state index < -0.39 is 0 Å².